The van der Waals surface area contributed by atoms with E-state index in [0.717, 1.165) is 9.78 Å². The summed E-state index contributed by atoms with van der Waals surface area (Å²) in [5.41, 5.74) is -0.318. The summed E-state index contributed by atoms with van der Waals surface area (Å²) in [6.45, 7) is 1.61. The number of carbonyl (C=O) groups is 2. The van der Waals surface area contributed by atoms with E-state index in [0.29, 0.717) is 27.2 Å². The lowest BCUT2D eigenvalue weighted by Crippen LogP contribution is -2.41. The molecular formula is C18H13Cl2N3O3S. The van der Waals surface area contributed by atoms with Crippen LogP contribution in [0.15, 0.2) is 46.4 Å². The van der Waals surface area contributed by atoms with Crippen molar-refractivity contribution >= 4 is 46.5 Å². The molecule has 1 aliphatic rings. The van der Waals surface area contributed by atoms with Gasteiger partial charge in [0, 0.05) is 15.6 Å². The molecule has 1 N–H and O–H groups in total. The van der Waals surface area contributed by atoms with E-state index in [9.17, 15) is 9.59 Å². The van der Waals surface area contributed by atoms with Crippen LogP contribution in [0.2, 0.25) is 10.0 Å². The van der Waals surface area contributed by atoms with Crippen molar-refractivity contribution < 1.29 is 14.0 Å². The molecule has 3 heterocycles. The molecule has 9 heteroatoms. The molecule has 2 aromatic heterocycles. The Bertz CT molecular complexity index is 1030. The Balaban J connectivity index is 1.60. The smallest absolute Gasteiger partial charge is 0.325 e. The molecule has 138 valence electrons. The van der Waals surface area contributed by atoms with Gasteiger partial charge < -0.3 is 9.73 Å². The zero-order chi connectivity index (χ0) is 19.2. The number of rotatable bonds is 4. The summed E-state index contributed by atoms with van der Waals surface area (Å²) < 4.78 is 5.45. The SMILES string of the molecule is CC1(c2ccc(Cl)cc2Cl)NC(=O)N(Cc2coc(-c3cccs3)n2)C1=O. The topological polar surface area (TPSA) is 75.4 Å². The lowest BCUT2D eigenvalue weighted by molar-refractivity contribution is -0.131. The standard InChI is InChI=1S/C18H13Cl2N3O3S/c1-18(12-5-4-10(19)7-13(12)20)16(24)23(17(25)22-18)8-11-9-26-15(21-11)14-3-2-6-27-14/h2-7,9H,8H2,1H3,(H,22,25). The average molecular weight is 422 g/mol. The van der Waals surface area contributed by atoms with Crippen LogP contribution in [0.1, 0.15) is 18.2 Å². The summed E-state index contributed by atoms with van der Waals surface area (Å²) in [4.78, 5) is 31.8. The first kappa shape index (κ1) is 18.0. The molecule has 3 amide bonds. The van der Waals surface area contributed by atoms with E-state index in [1.165, 1.54) is 23.7 Å². The predicted octanol–water partition coefficient (Wildman–Crippen LogP) is 4.68. The molecule has 0 spiro atoms. The van der Waals surface area contributed by atoms with E-state index in [-0.39, 0.29) is 6.54 Å². The number of urea groups is 1. The number of halogens is 2. The number of imide groups is 1. The second kappa shape index (κ2) is 6.67. The minimum absolute atomic E-state index is 0.000338. The van der Waals surface area contributed by atoms with Gasteiger partial charge in [0.05, 0.1) is 17.1 Å². The van der Waals surface area contributed by atoms with E-state index >= 15 is 0 Å². The maximum Gasteiger partial charge on any atom is 0.325 e. The zero-order valence-corrected chi connectivity index (χ0v) is 16.4. The van der Waals surface area contributed by atoms with Crippen molar-refractivity contribution in [1.82, 2.24) is 15.2 Å². The van der Waals surface area contributed by atoms with Crippen LogP contribution in [0.3, 0.4) is 0 Å². The van der Waals surface area contributed by atoms with Gasteiger partial charge in [-0.3, -0.25) is 9.69 Å². The van der Waals surface area contributed by atoms with Crippen LogP contribution in [-0.4, -0.2) is 21.8 Å². The van der Waals surface area contributed by atoms with Gasteiger partial charge in [-0.15, -0.1) is 11.3 Å². The van der Waals surface area contributed by atoms with Crippen molar-refractivity contribution in [3.8, 4) is 10.8 Å². The third kappa shape index (κ3) is 3.12. The van der Waals surface area contributed by atoms with E-state index in [2.05, 4.69) is 10.3 Å². The van der Waals surface area contributed by atoms with Crippen LogP contribution in [-0.2, 0) is 16.9 Å². The predicted molar refractivity (Wildman–Crippen MR) is 103 cm³/mol. The van der Waals surface area contributed by atoms with Gasteiger partial charge in [-0.25, -0.2) is 9.78 Å². The van der Waals surface area contributed by atoms with E-state index in [4.69, 9.17) is 27.6 Å². The Kier molecular flexibility index (Phi) is 4.46. The van der Waals surface area contributed by atoms with Gasteiger partial charge in [0.25, 0.3) is 5.91 Å². The van der Waals surface area contributed by atoms with Gasteiger partial charge in [-0.1, -0.05) is 35.3 Å². The largest absolute Gasteiger partial charge is 0.443 e. The number of oxazole rings is 1. The Morgan fingerprint density at radius 3 is 2.81 bits per heavy atom. The number of nitrogens with zero attached hydrogens (tertiary/aromatic N) is 2. The molecule has 0 saturated carbocycles. The lowest BCUT2D eigenvalue weighted by atomic mass is 9.92. The molecule has 3 aromatic rings. The van der Waals surface area contributed by atoms with Gasteiger partial charge in [0.2, 0.25) is 5.89 Å². The highest BCUT2D eigenvalue weighted by Gasteiger charge is 2.50. The molecule has 1 saturated heterocycles. The van der Waals surface area contributed by atoms with Gasteiger partial charge in [-0.2, -0.15) is 0 Å². The van der Waals surface area contributed by atoms with Crippen LogP contribution in [0.25, 0.3) is 10.8 Å². The van der Waals surface area contributed by atoms with Gasteiger partial charge in [-0.05, 0) is 30.5 Å². The lowest BCUT2D eigenvalue weighted by Gasteiger charge is -2.23. The molecule has 0 aliphatic carbocycles. The third-order valence-electron chi connectivity index (χ3n) is 4.35. The Morgan fingerprint density at radius 1 is 1.30 bits per heavy atom. The quantitative estimate of drug-likeness (QED) is 0.620. The van der Waals surface area contributed by atoms with Crippen LogP contribution >= 0.6 is 34.5 Å². The number of amides is 3. The summed E-state index contributed by atoms with van der Waals surface area (Å²) >= 11 is 13.7. The number of hydrogen-bond donors (Lipinski definition) is 1. The Morgan fingerprint density at radius 2 is 2.11 bits per heavy atom. The van der Waals surface area contributed by atoms with Gasteiger partial charge >= 0.3 is 6.03 Å². The van der Waals surface area contributed by atoms with E-state index in [1.54, 1.807) is 19.1 Å². The number of carbonyl (C=O) groups excluding carboxylic acids is 2. The van der Waals surface area contributed by atoms with Crippen molar-refractivity contribution in [2.45, 2.75) is 19.0 Å². The summed E-state index contributed by atoms with van der Waals surface area (Å²) in [6, 6.07) is 8.06. The molecule has 0 bridgehead atoms. The molecule has 27 heavy (non-hydrogen) atoms. The van der Waals surface area contributed by atoms with Crippen LogP contribution in [0.4, 0.5) is 4.79 Å². The summed E-state index contributed by atoms with van der Waals surface area (Å²) in [5, 5.41) is 5.39. The maximum absolute atomic E-state index is 13.0. The highest BCUT2D eigenvalue weighted by atomic mass is 35.5. The van der Waals surface area contributed by atoms with E-state index in [1.807, 2.05) is 17.5 Å². The van der Waals surface area contributed by atoms with Crippen molar-refractivity contribution in [2.75, 3.05) is 0 Å². The second-order valence-electron chi connectivity index (χ2n) is 6.19. The molecule has 1 fully saturated rings. The second-order valence-corrected chi connectivity index (χ2v) is 7.98. The zero-order valence-electron chi connectivity index (χ0n) is 14.0. The number of nitrogens with one attached hydrogen (secondary N) is 1. The fraction of sp³-hybridized carbons (Fsp3) is 0.167. The number of aromatic nitrogens is 1. The molecular weight excluding hydrogens is 409 g/mol. The van der Waals surface area contributed by atoms with Crippen molar-refractivity contribution in [1.29, 1.82) is 0 Å². The minimum atomic E-state index is -1.28. The first-order chi connectivity index (χ1) is 12.9. The first-order valence-electron chi connectivity index (χ1n) is 7.96. The molecule has 1 unspecified atom stereocenters. The fourth-order valence-electron chi connectivity index (χ4n) is 2.97. The van der Waals surface area contributed by atoms with Gasteiger partial charge in [0.15, 0.2) is 0 Å². The number of hydrogen-bond acceptors (Lipinski definition) is 5. The minimum Gasteiger partial charge on any atom is -0.443 e. The van der Waals surface area contributed by atoms with Crippen LogP contribution in [0, 0.1) is 0 Å². The maximum atomic E-state index is 13.0. The highest BCUT2D eigenvalue weighted by molar-refractivity contribution is 7.13. The van der Waals surface area contributed by atoms with Crippen LogP contribution < -0.4 is 5.32 Å². The Hall–Kier alpha value is -2.35. The highest BCUT2D eigenvalue weighted by Crippen LogP contribution is 2.35. The van der Waals surface area contributed by atoms with Crippen molar-refractivity contribution in [3.05, 3.63) is 63.3 Å². The number of benzene rings is 1. The molecule has 6 nitrogen and oxygen atoms in total. The van der Waals surface area contributed by atoms with E-state index < -0.39 is 17.5 Å². The molecule has 1 atom stereocenters. The Labute approximate surface area is 168 Å². The molecule has 1 aromatic carbocycles. The average Bonchev–Trinajstić information content (AvgIpc) is 3.33. The summed E-state index contributed by atoms with van der Waals surface area (Å²) in [7, 11) is 0. The third-order valence-corrected chi connectivity index (χ3v) is 5.75. The number of thiophene rings is 1. The van der Waals surface area contributed by atoms with Crippen molar-refractivity contribution in [3.63, 3.8) is 0 Å². The molecule has 4 rings (SSSR count). The summed E-state index contributed by atoms with van der Waals surface area (Å²) in [5.74, 6) is 0.0351. The fourth-order valence-corrected chi connectivity index (χ4v) is 4.23. The first-order valence-corrected chi connectivity index (χ1v) is 9.60. The van der Waals surface area contributed by atoms with Crippen molar-refractivity contribution in [2.24, 2.45) is 0 Å². The summed E-state index contributed by atoms with van der Waals surface area (Å²) in [6.07, 6.45) is 1.44. The van der Waals surface area contributed by atoms with Crippen LogP contribution in [0.5, 0.6) is 0 Å². The molecule has 1 aliphatic heterocycles. The monoisotopic (exact) mass is 421 g/mol. The normalized spacial score (nSPS) is 19.6. The molecule has 0 radical (unpaired) electrons. The van der Waals surface area contributed by atoms with Gasteiger partial charge in [0.1, 0.15) is 11.8 Å².